The van der Waals surface area contributed by atoms with E-state index in [1.54, 1.807) is 36.8 Å². The predicted molar refractivity (Wildman–Crippen MR) is 83.0 cm³/mol. The summed E-state index contributed by atoms with van der Waals surface area (Å²) in [5, 5.41) is 13.3. The molecule has 0 saturated heterocycles. The number of methoxy groups -OCH3 is 1. The highest BCUT2D eigenvalue weighted by molar-refractivity contribution is 5.42. The third kappa shape index (κ3) is 2.89. The molecule has 2 aromatic rings. The molecule has 0 spiro atoms. The molecule has 1 aromatic heterocycles. The van der Waals surface area contributed by atoms with Gasteiger partial charge in [-0.25, -0.2) is 9.48 Å². The average Bonchev–Trinajstić information content (AvgIpc) is 2.75. The van der Waals surface area contributed by atoms with Gasteiger partial charge in [0.15, 0.2) is 0 Å². The van der Waals surface area contributed by atoms with Crippen LogP contribution in [0.15, 0.2) is 23.0 Å². The van der Waals surface area contributed by atoms with Crippen LogP contribution in [0, 0.1) is 18.3 Å². The lowest BCUT2D eigenvalue weighted by atomic mass is 10.1. The summed E-state index contributed by atoms with van der Waals surface area (Å²) >= 11 is 0. The van der Waals surface area contributed by atoms with Gasteiger partial charge >= 0.3 is 5.69 Å². The Morgan fingerprint density at radius 3 is 2.55 bits per heavy atom. The molecule has 0 bridgehead atoms. The largest absolute Gasteiger partial charge is 0.496 e. The smallest absolute Gasteiger partial charge is 0.346 e. The van der Waals surface area contributed by atoms with Gasteiger partial charge in [0.25, 0.3) is 0 Å². The molecule has 0 aliphatic rings. The van der Waals surface area contributed by atoms with Crippen LogP contribution in [-0.4, -0.2) is 21.5 Å². The Labute approximate surface area is 129 Å². The van der Waals surface area contributed by atoms with Crippen molar-refractivity contribution in [2.24, 2.45) is 0 Å². The summed E-state index contributed by atoms with van der Waals surface area (Å²) in [6, 6.07) is 7.26. The summed E-state index contributed by atoms with van der Waals surface area (Å²) in [7, 11) is 1.55. The molecule has 0 atom stereocenters. The Morgan fingerprint density at radius 1 is 1.36 bits per heavy atom. The average molecular weight is 300 g/mol. The molecule has 0 fully saturated rings. The van der Waals surface area contributed by atoms with E-state index in [1.165, 1.54) is 4.68 Å². The van der Waals surface area contributed by atoms with Crippen molar-refractivity contribution >= 4 is 0 Å². The standard InChI is InChI=1S/C16H20N4O2/c1-11-18-20(16(2,3)4)15(21)19(11)10-13-7-6-12(9-17)8-14(13)22-5/h6-8H,10H2,1-5H3. The fraction of sp³-hybridized carbons (Fsp3) is 0.438. The zero-order chi connectivity index (χ0) is 16.5. The fourth-order valence-corrected chi connectivity index (χ4v) is 2.23. The lowest BCUT2D eigenvalue weighted by Gasteiger charge is -2.17. The monoisotopic (exact) mass is 300 g/mol. The molecule has 0 saturated carbocycles. The second-order valence-corrected chi connectivity index (χ2v) is 6.14. The van der Waals surface area contributed by atoms with Crippen LogP contribution in [0.5, 0.6) is 5.75 Å². The molecule has 0 N–H and O–H groups in total. The van der Waals surface area contributed by atoms with Gasteiger partial charge in [0.2, 0.25) is 0 Å². The van der Waals surface area contributed by atoms with Crippen LogP contribution in [0.3, 0.4) is 0 Å². The van der Waals surface area contributed by atoms with E-state index in [2.05, 4.69) is 11.2 Å². The summed E-state index contributed by atoms with van der Waals surface area (Å²) < 4.78 is 8.41. The molecule has 0 unspecified atom stereocenters. The first-order chi connectivity index (χ1) is 10.3. The summed E-state index contributed by atoms with van der Waals surface area (Å²) in [4.78, 5) is 12.5. The van der Waals surface area contributed by atoms with Gasteiger partial charge in [-0.15, -0.1) is 0 Å². The first-order valence-electron chi connectivity index (χ1n) is 7.02. The van der Waals surface area contributed by atoms with Crippen molar-refractivity contribution < 1.29 is 4.74 Å². The van der Waals surface area contributed by atoms with Crippen molar-refractivity contribution in [2.75, 3.05) is 7.11 Å². The fourth-order valence-electron chi connectivity index (χ4n) is 2.23. The molecule has 22 heavy (non-hydrogen) atoms. The maximum absolute atomic E-state index is 12.5. The normalized spacial score (nSPS) is 11.3. The van der Waals surface area contributed by atoms with Gasteiger partial charge in [0.05, 0.1) is 30.8 Å². The molecule has 6 heteroatoms. The molecule has 116 valence electrons. The van der Waals surface area contributed by atoms with E-state index in [0.717, 1.165) is 5.56 Å². The van der Waals surface area contributed by atoms with Crippen LogP contribution in [0.4, 0.5) is 0 Å². The van der Waals surface area contributed by atoms with Crippen LogP contribution in [0.2, 0.25) is 0 Å². The van der Waals surface area contributed by atoms with Crippen molar-refractivity contribution in [3.05, 3.63) is 45.6 Å². The van der Waals surface area contributed by atoms with E-state index in [4.69, 9.17) is 10.00 Å². The number of hydrogen-bond donors (Lipinski definition) is 0. The lowest BCUT2D eigenvalue weighted by Crippen LogP contribution is -2.36. The Hall–Kier alpha value is -2.55. The van der Waals surface area contributed by atoms with Gasteiger partial charge in [-0.05, 0) is 39.8 Å². The lowest BCUT2D eigenvalue weighted by molar-refractivity contribution is 0.340. The number of rotatable bonds is 3. The van der Waals surface area contributed by atoms with E-state index in [0.29, 0.717) is 23.7 Å². The van der Waals surface area contributed by atoms with Gasteiger partial charge in [-0.2, -0.15) is 10.4 Å². The summed E-state index contributed by atoms with van der Waals surface area (Å²) in [5.41, 5.74) is 0.827. The minimum absolute atomic E-state index is 0.156. The number of aryl methyl sites for hydroxylation is 1. The third-order valence-corrected chi connectivity index (χ3v) is 3.43. The molecule has 1 heterocycles. The summed E-state index contributed by atoms with van der Waals surface area (Å²) in [6.07, 6.45) is 0. The van der Waals surface area contributed by atoms with Crippen LogP contribution in [0.25, 0.3) is 0 Å². The first kappa shape index (κ1) is 15.8. The number of hydrogen-bond acceptors (Lipinski definition) is 4. The topological polar surface area (TPSA) is 72.8 Å². The zero-order valence-electron chi connectivity index (χ0n) is 13.5. The molecule has 0 aliphatic heterocycles. The minimum Gasteiger partial charge on any atom is -0.496 e. The molecule has 1 aromatic carbocycles. The van der Waals surface area contributed by atoms with Crippen LogP contribution in [0.1, 0.15) is 37.7 Å². The highest BCUT2D eigenvalue weighted by Gasteiger charge is 2.21. The molecular formula is C16H20N4O2. The second kappa shape index (κ2) is 5.68. The van der Waals surface area contributed by atoms with Gasteiger partial charge in [0, 0.05) is 5.56 Å². The van der Waals surface area contributed by atoms with E-state index in [1.807, 2.05) is 20.8 Å². The van der Waals surface area contributed by atoms with Crippen LogP contribution < -0.4 is 10.4 Å². The van der Waals surface area contributed by atoms with Crippen molar-refractivity contribution in [2.45, 2.75) is 39.8 Å². The summed E-state index contributed by atoms with van der Waals surface area (Å²) in [6.45, 7) is 7.98. The molecular weight excluding hydrogens is 280 g/mol. The zero-order valence-corrected chi connectivity index (χ0v) is 13.5. The number of nitriles is 1. The Kier molecular flexibility index (Phi) is 4.09. The molecule has 0 radical (unpaired) electrons. The van der Waals surface area contributed by atoms with Gasteiger partial charge < -0.3 is 4.74 Å². The van der Waals surface area contributed by atoms with Crippen molar-refractivity contribution in [1.82, 2.24) is 14.3 Å². The maximum atomic E-state index is 12.5. The molecule has 0 amide bonds. The van der Waals surface area contributed by atoms with Gasteiger partial charge in [-0.1, -0.05) is 6.07 Å². The minimum atomic E-state index is -0.373. The second-order valence-electron chi connectivity index (χ2n) is 6.14. The Morgan fingerprint density at radius 2 is 2.05 bits per heavy atom. The van der Waals surface area contributed by atoms with Crippen LogP contribution in [-0.2, 0) is 12.1 Å². The van der Waals surface area contributed by atoms with Crippen molar-refractivity contribution in [3.63, 3.8) is 0 Å². The highest BCUT2D eigenvalue weighted by atomic mass is 16.5. The maximum Gasteiger partial charge on any atom is 0.346 e. The Balaban J connectivity index is 2.47. The van der Waals surface area contributed by atoms with Crippen molar-refractivity contribution in [1.29, 1.82) is 5.26 Å². The Bertz CT molecular complexity index is 788. The quantitative estimate of drug-likeness (QED) is 0.869. The van der Waals surface area contributed by atoms with E-state index < -0.39 is 0 Å². The van der Waals surface area contributed by atoms with Gasteiger partial charge in [0.1, 0.15) is 11.6 Å². The van der Waals surface area contributed by atoms with E-state index in [-0.39, 0.29) is 11.2 Å². The predicted octanol–water partition coefficient (Wildman–Crippen LogP) is 2.04. The van der Waals surface area contributed by atoms with E-state index in [9.17, 15) is 4.79 Å². The number of ether oxygens (including phenoxy) is 1. The molecule has 2 rings (SSSR count). The molecule has 6 nitrogen and oxygen atoms in total. The number of nitrogens with zero attached hydrogens (tertiary/aromatic N) is 4. The first-order valence-corrected chi connectivity index (χ1v) is 7.02. The summed E-state index contributed by atoms with van der Waals surface area (Å²) in [5.74, 6) is 1.24. The van der Waals surface area contributed by atoms with E-state index >= 15 is 0 Å². The SMILES string of the molecule is COc1cc(C#N)ccc1Cn1c(C)nn(C(C)(C)C)c1=O. The third-order valence-electron chi connectivity index (χ3n) is 3.43. The van der Waals surface area contributed by atoms with Crippen LogP contribution >= 0.6 is 0 Å². The van der Waals surface area contributed by atoms with Crippen molar-refractivity contribution in [3.8, 4) is 11.8 Å². The number of aromatic nitrogens is 3. The number of benzene rings is 1. The molecule has 0 aliphatic carbocycles. The van der Waals surface area contributed by atoms with Gasteiger partial charge in [-0.3, -0.25) is 4.57 Å². The highest BCUT2D eigenvalue weighted by Crippen LogP contribution is 2.21.